The van der Waals surface area contributed by atoms with Crippen molar-refractivity contribution in [3.63, 3.8) is 0 Å². The molecule has 2 unspecified atom stereocenters. The average molecular weight is 343 g/mol. The van der Waals surface area contributed by atoms with Crippen LogP contribution < -0.4 is 0 Å². The number of hydrogen-bond donors (Lipinski definition) is 2. The number of aliphatic carboxylic acids is 1. The van der Waals surface area contributed by atoms with Gasteiger partial charge in [-0.25, -0.2) is 4.79 Å². The number of rotatable bonds is 17. The van der Waals surface area contributed by atoms with E-state index in [1.165, 1.54) is 64.7 Å². The van der Waals surface area contributed by atoms with Crippen LogP contribution in [-0.4, -0.2) is 21.8 Å². The van der Waals surface area contributed by atoms with Crippen LogP contribution in [0.4, 0.5) is 0 Å². The fourth-order valence-corrected chi connectivity index (χ4v) is 3.40. The van der Waals surface area contributed by atoms with E-state index in [1.54, 1.807) is 0 Å². The van der Waals surface area contributed by atoms with E-state index >= 15 is 0 Å². The molecule has 0 amide bonds. The van der Waals surface area contributed by atoms with Crippen LogP contribution in [0, 0.1) is 5.92 Å². The van der Waals surface area contributed by atoms with Crippen molar-refractivity contribution >= 4 is 5.97 Å². The molecule has 0 radical (unpaired) electrons. The molecule has 3 heteroatoms. The maximum absolute atomic E-state index is 11.4. The van der Waals surface area contributed by atoms with Gasteiger partial charge in [0.1, 0.15) is 0 Å². The molecule has 2 atom stereocenters. The fourth-order valence-electron chi connectivity index (χ4n) is 3.40. The van der Waals surface area contributed by atoms with E-state index in [-0.39, 0.29) is 5.92 Å². The Labute approximate surface area is 150 Å². The van der Waals surface area contributed by atoms with Crippen LogP contribution in [0.2, 0.25) is 0 Å². The first-order valence-electron chi connectivity index (χ1n) is 10.4. The lowest BCUT2D eigenvalue weighted by atomic mass is 9.81. The number of carboxylic acids is 1. The predicted molar refractivity (Wildman–Crippen MR) is 102 cm³/mol. The Morgan fingerprint density at radius 2 is 1.08 bits per heavy atom. The van der Waals surface area contributed by atoms with E-state index in [1.807, 2.05) is 0 Å². The number of carbonyl (C=O) groups is 1. The molecular weight excluding hydrogens is 300 g/mol. The van der Waals surface area contributed by atoms with E-state index < -0.39 is 11.6 Å². The van der Waals surface area contributed by atoms with Gasteiger partial charge in [-0.15, -0.1) is 0 Å². The van der Waals surface area contributed by atoms with Crippen molar-refractivity contribution in [3.05, 3.63) is 0 Å². The van der Waals surface area contributed by atoms with Crippen molar-refractivity contribution in [2.75, 3.05) is 0 Å². The van der Waals surface area contributed by atoms with Crippen molar-refractivity contribution in [2.24, 2.45) is 5.92 Å². The lowest BCUT2D eigenvalue weighted by Crippen LogP contribution is -2.43. The van der Waals surface area contributed by atoms with Crippen molar-refractivity contribution in [1.82, 2.24) is 0 Å². The number of hydrogen-bond acceptors (Lipinski definition) is 2. The summed E-state index contributed by atoms with van der Waals surface area (Å²) in [5.74, 6) is -1.18. The summed E-state index contributed by atoms with van der Waals surface area (Å²) in [5, 5.41) is 19.7. The summed E-state index contributed by atoms with van der Waals surface area (Å²) in [6.45, 7) is 5.92. The van der Waals surface area contributed by atoms with E-state index in [4.69, 9.17) is 0 Å². The number of carboxylic acid groups (broad SMARTS) is 1. The summed E-state index contributed by atoms with van der Waals surface area (Å²) in [7, 11) is 0. The minimum absolute atomic E-state index is 0.114. The van der Waals surface area contributed by atoms with Crippen LogP contribution in [-0.2, 0) is 4.79 Å². The average Bonchev–Trinajstić information content (AvgIpc) is 2.54. The zero-order chi connectivity index (χ0) is 18.3. The van der Waals surface area contributed by atoms with E-state index in [9.17, 15) is 15.0 Å². The highest BCUT2D eigenvalue weighted by Crippen LogP contribution is 2.29. The van der Waals surface area contributed by atoms with Gasteiger partial charge in [-0.3, -0.25) is 0 Å². The molecule has 2 N–H and O–H groups in total. The molecule has 0 saturated heterocycles. The molecule has 0 spiro atoms. The van der Waals surface area contributed by atoms with Crippen molar-refractivity contribution in [1.29, 1.82) is 0 Å². The molecule has 0 heterocycles. The van der Waals surface area contributed by atoms with Crippen LogP contribution in [0.5, 0.6) is 0 Å². The molecule has 24 heavy (non-hydrogen) atoms. The Kier molecular flexibility index (Phi) is 14.4. The fraction of sp³-hybridized carbons (Fsp3) is 0.952. The van der Waals surface area contributed by atoms with Crippen LogP contribution in [0.1, 0.15) is 117 Å². The van der Waals surface area contributed by atoms with Crippen molar-refractivity contribution in [3.8, 4) is 0 Å². The lowest BCUT2D eigenvalue weighted by Gasteiger charge is -2.29. The first-order chi connectivity index (χ1) is 11.5. The minimum atomic E-state index is -1.58. The van der Waals surface area contributed by atoms with Gasteiger partial charge in [0, 0.05) is 0 Å². The molecule has 0 aliphatic rings. The van der Waals surface area contributed by atoms with Gasteiger partial charge in [0.25, 0.3) is 0 Å². The van der Waals surface area contributed by atoms with Crippen LogP contribution in [0.3, 0.4) is 0 Å². The lowest BCUT2D eigenvalue weighted by molar-refractivity contribution is -0.163. The van der Waals surface area contributed by atoms with Gasteiger partial charge in [0.2, 0.25) is 0 Å². The quantitative estimate of drug-likeness (QED) is 0.304. The maximum atomic E-state index is 11.4. The van der Waals surface area contributed by atoms with Crippen LogP contribution >= 0.6 is 0 Å². The molecule has 0 aromatic rings. The maximum Gasteiger partial charge on any atom is 0.335 e. The predicted octanol–water partition coefficient (Wildman–Crippen LogP) is 6.33. The van der Waals surface area contributed by atoms with E-state index in [0.29, 0.717) is 0 Å². The Hall–Kier alpha value is -0.570. The Morgan fingerprint density at radius 3 is 1.42 bits per heavy atom. The molecule has 0 fully saturated rings. The van der Waals surface area contributed by atoms with Gasteiger partial charge in [-0.1, -0.05) is 97.3 Å². The van der Waals surface area contributed by atoms with Crippen molar-refractivity contribution < 1.29 is 15.0 Å². The number of unbranched alkanes of at least 4 members (excludes halogenated alkanes) is 11. The second kappa shape index (κ2) is 14.7. The summed E-state index contributed by atoms with van der Waals surface area (Å²) >= 11 is 0. The van der Waals surface area contributed by atoms with E-state index in [2.05, 4.69) is 13.8 Å². The summed E-state index contributed by atoms with van der Waals surface area (Å²) < 4.78 is 0. The molecule has 0 aromatic heterocycles. The van der Waals surface area contributed by atoms with Crippen LogP contribution in [0.25, 0.3) is 0 Å². The Morgan fingerprint density at radius 1 is 0.750 bits per heavy atom. The van der Waals surface area contributed by atoms with Gasteiger partial charge in [-0.05, 0) is 25.7 Å². The Bertz CT molecular complexity index is 299. The van der Waals surface area contributed by atoms with Gasteiger partial charge < -0.3 is 10.2 Å². The molecule has 0 saturated carbocycles. The molecule has 0 aliphatic heterocycles. The van der Waals surface area contributed by atoms with Crippen LogP contribution in [0.15, 0.2) is 0 Å². The zero-order valence-corrected chi connectivity index (χ0v) is 16.5. The second-order valence-electron chi connectivity index (χ2n) is 7.62. The second-order valence-corrected chi connectivity index (χ2v) is 7.62. The third kappa shape index (κ3) is 11.1. The summed E-state index contributed by atoms with van der Waals surface area (Å²) in [6, 6.07) is 0. The summed E-state index contributed by atoms with van der Waals surface area (Å²) in [4.78, 5) is 11.4. The third-order valence-electron chi connectivity index (χ3n) is 5.29. The van der Waals surface area contributed by atoms with Gasteiger partial charge in [0.15, 0.2) is 5.60 Å². The molecular formula is C21H42O3. The smallest absolute Gasteiger partial charge is 0.335 e. The summed E-state index contributed by atoms with van der Waals surface area (Å²) in [5.41, 5.74) is -1.58. The molecule has 0 aromatic carbocycles. The van der Waals surface area contributed by atoms with E-state index in [0.717, 1.165) is 38.5 Å². The van der Waals surface area contributed by atoms with Crippen molar-refractivity contribution in [2.45, 2.75) is 123 Å². The molecule has 3 nitrogen and oxygen atoms in total. The summed E-state index contributed by atoms with van der Waals surface area (Å²) in [6.07, 6.45) is 17.5. The standard InChI is InChI=1S/C21H42O3/c1-4-6-8-10-12-14-16-18-19(21(3,24)20(22)23)17-15-13-11-9-7-5-2/h19,24H,4-18H2,1-3H3,(H,22,23). The molecule has 0 aliphatic carbocycles. The zero-order valence-electron chi connectivity index (χ0n) is 16.5. The first-order valence-corrected chi connectivity index (χ1v) is 10.4. The van der Waals surface area contributed by atoms with Gasteiger partial charge in [-0.2, -0.15) is 0 Å². The SMILES string of the molecule is CCCCCCCCCC(CCCCCCCC)C(C)(O)C(=O)O. The molecule has 144 valence electrons. The number of aliphatic hydroxyl groups is 1. The molecule has 0 rings (SSSR count). The topological polar surface area (TPSA) is 57.5 Å². The van der Waals surface area contributed by atoms with Gasteiger partial charge in [0.05, 0.1) is 0 Å². The van der Waals surface area contributed by atoms with Gasteiger partial charge >= 0.3 is 5.97 Å². The third-order valence-corrected chi connectivity index (χ3v) is 5.29. The highest BCUT2D eigenvalue weighted by atomic mass is 16.4. The minimum Gasteiger partial charge on any atom is -0.479 e. The highest BCUT2D eigenvalue weighted by Gasteiger charge is 2.38. The molecule has 0 bridgehead atoms. The monoisotopic (exact) mass is 342 g/mol. The largest absolute Gasteiger partial charge is 0.479 e. The first kappa shape index (κ1) is 23.4. The normalized spacial score (nSPS) is 15.2. The highest BCUT2D eigenvalue weighted by molar-refractivity contribution is 5.76. The Balaban J connectivity index is 4.09.